The molecule has 4 rings (SSSR count). The maximum absolute atomic E-state index is 14.4. The molecule has 2 saturated heterocycles. The fourth-order valence-corrected chi connectivity index (χ4v) is 4.64. The van der Waals surface area contributed by atoms with Crippen LogP contribution in [-0.2, 0) is 9.47 Å². The predicted molar refractivity (Wildman–Crippen MR) is 126 cm³/mol. The number of amidine groups is 1. The number of aliphatic imine (C=N–C) groups is 1. The second-order valence-electron chi connectivity index (χ2n) is 8.26. The molecule has 2 aliphatic heterocycles. The summed E-state index contributed by atoms with van der Waals surface area (Å²) in [5.74, 6) is 0.372. The second-order valence-corrected chi connectivity index (χ2v) is 8.77. The minimum atomic E-state index is -0.319. The number of morpholine rings is 2. The molecule has 0 N–H and O–H groups in total. The van der Waals surface area contributed by atoms with Gasteiger partial charge in [-0.2, -0.15) is 0 Å². The molecule has 1 unspecified atom stereocenters. The van der Waals surface area contributed by atoms with E-state index in [4.69, 9.17) is 14.5 Å². The lowest BCUT2D eigenvalue weighted by Gasteiger charge is -2.34. The topological polar surface area (TPSA) is 72.2 Å². The predicted octanol–water partition coefficient (Wildman–Crippen LogP) is 2.87. The standard InChI is InChI=1S/C23H30FN5O3S/c1-16-5-4-6-19(15-16)21(30)23-25-17(2)20(29(23)33-24)22(28-9-13-32-14-10-28)26-18(3)27-7-11-31-12-8-27/h4-6,15,18H,7-14H2,1-3H3/b26-22+. The van der Waals surface area contributed by atoms with Crippen molar-refractivity contribution in [2.75, 3.05) is 52.6 Å². The van der Waals surface area contributed by atoms with Crippen molar-refractivity contribution in [3.8, 4) is 0 Å². The van der Waals surface area contributed by atoms with Crippen molar-refractivity contribution in [1.82, 2.24) is 18.8 Å². The monoisotopic (exact) mass is 475 g/mol. The highest BCUT2D eigenvalue weighted by molar-refractivity contribution is 7.92. The van der Waals surface area contributed by atoms with Crippen molar-refractivity contribution < 1.29 is 18.2 Å². The molecule has 178 valence electrons. The van der Waals surface area contributed by atoms with E-state index in [1.54, 1.807) is 19.1 Å². The largest absolute Gasteiger partial charge is 0.379 e. The van der Waals surface area contributed by atoms with Crippen molar-refractivity contribution >= 4 is 24.0 Å². The molecule has 2 fully saturated rings. The van der Waals surface area contributed by atoms with Crippen molar-refractivity contribution in [1.29, 1.82) is 0 Å². The highest BCUT2D eigenvalue weighted by Gasteiger charge is 2.30. The summed E-state index contributed by atoms with van der Waals surface area (Å²) < 4.78 is 26.7. The average Bonchev–Trinajstić information content (AvgIpc) is 3.18. The van der Waals surface area contributed by atoms with Crippen molar-refractivity contribution in [2.45, 2.75) is 26.9 Å². The van der Waals surface area contributed by atoms with Crippen LogP contribution in [0.5, 0.6) is 0 Å². The molecule has 10 heteroatoms. The molecular formula is C23H30FN5O3S. The zero-order valence-corrected chi connectivity index (χ0v) is 20.1. The van der Waals surface area contributed by atoms with Crippen LogP contribution in [0.2, 0.25) is 0 Å². The van der Waals surface area contributed by atoms with Gasteiger partial charge in [-0.1, -0.05) is 23.8 Å². The molecule has 3 heterocycles. The zero-order valence-electron chi connectivity index (χ0n) is 19.3. The quantitative estimate of drug-likeness (QED) is 0.361. The maximum Gasteiger partial charge on any atom is 0.229 e. The Morgan fingerprint density at radius 3 is 2.42 bits per heavy atom. The van der Waals surface area contributed by atoms with Crippen molar-refractivity contribution in [3.63, 3.8) is 0 Å². The number of carbonyl (C=O) groups is 1. The normalized spacial score (nSPS) is 19.0. The Morgan fingerprint density at radius 2 is 1.79 bits per heavy atom. The summed E-state index contributed by atoms with van der Waals surface area (Å²) in [5.41, 5.74) is 2.52. The van der Waals surface area contributed by atoms with Gasteiger partial charge in [-0.25, -0.2) is 13.9 Å². The molecule has 0 aliphatic carbocycles. The van der Waals surface area contributed by atoms with Crippen LogP contribution in [0.1, 0.15) is 40.1 Å². The molecule has 0 amide bonds. The van der Waals surface area contributed by atoms with Crippen LogP contribution >= 0.6 is 12.3 Å². The number of halogens is 1. The summed E-state index contributed by atoms with van der Waals surface area (Å²) in [7, 11) is 0. The number of benzene rings is 1. The van der Waals surface area contributed by atoms with E-state index < -0.39 is 0 Å². The van der Waals surface area contributed by atoms with Gasteiger partial charge in [-0.3, -0.25) is 9.69 Å². The number of carbonyl (C=O) groups excluding carboxylic acids is 1. The lowest BCUT2D eigenvalue weighted by atomic mass is 10.1. The molecule has 33 heavy (non-hydrogen) atoms. The first-order valence-corrected chi connectivity index (χ1v) is 11.9. The van der Waals surface area contributed by atoms with Gasteiger partial charge in [0, 0.05) is 31.7 Å². The number of imidazole rings is 1. The molecule has 0 saturated carbocycles. The minimum absolute atomic E-state index is 0.0139. The number of aromatic nitrogens is 2. The zero-order chi connectivity index (χ0) is 23.4. The number of ether oxygens (including phenoxy) is 2. The van der Waals surface area contributed by atoms with Gasteiger partial charge in [0.1, 0.15) is 11.9 Å². The van der Waals surface area contributed by atoms with Crippen molar-refractivity contribution in [3.05, 3.63) is 52.6 Å². The van der Waals surface area contributed by atoms with Crippen LogP contribution in [-0.4, -0.2) is 89.1 Å². The maximum atomic E-state index is 14.4. The van der Waals surface area contributed by atoms with E-state index in [1.807, 2.05) is 26.0 Å². The van der Waals surface area contributed by atoms with E-state index in [1.165, 1.54) is 3.97 Å². The smallest absolute Gasteiger partial charge is 0.229 e. The van der Waals surface area contributed by atoms with E-state index in [-0.39, 0.29) is 30.1 Å². The van der Waals surface area contributed by atoms with E-state index in [0.717, 1.165) is 18.7 Å². The van der Waals surface area contributed by atoms with Crippen LogP contribution in [0, 0.1) is 13.8 Å². The third kappa shape index (κ3) is 5.29. The Balaban J connectivity index is 1.76. The molecule has 1 aromatic heterocycles. The third-order valence-electron chi connectivity index (χ3n) is 5.97. The first-order chi connectivity index (χ1) is 16.0. The molecule has 8 nitrogen and oxygen atoms in total. The Kier molecular flexibility index (Phi) is 7.79. The van der Waals surface area contributed by atoms with Gasteiger partial charge in [0.05, 0.1) is 32.1 Å². The number of nitrogens with zero attached hydrogens (tertiary/aromatic N) is 5. The van der Waals surface area contributed by atoms with Crippen LogP contribution in [0.25, 0.3) is 0 Å². The summed E-state index contributed by atoms with van der Waals surface area (Å²) in [6, 6.07) is 7.25. The van der Waals surface area contributed by atoms with Gasteiger partial charge in [-0.15, -0.1) is 3.89 Å². The van der Waals surface area contributed by atoms with Crippen molar-refractivity contribution in [2.24, 2.45) is 4.99 Å². The molecule has 0 radical (unpaired) electrons. The molecule has 0 bridgehead atoms. The fourth-order valence-electron chi connectivity index (χ4n) is 4.17. The molecule has 0 spiro atoms. The van der Waals surface area contributed by atoms with Gasteiger partial charge in [-0.05, 0) is 26.8 Å². The van der Waals surface area contributed by atoms with Gasteiger partial charge >= 0.3 is 0 Å². The minimum Gasteiger partial charge on any atom is -0.379 e. The first-order valence-electron chi connectivity index (χ1n) is 11.2. The van der Waals surface area contributed by atoms with Gasteiger partial charge in [0.25, 0.3) is 0 Å². The summed E-state index contributed by atoms with van der Waals surface area (Å²) in [5, 5.41) is 0. The summed E-state index contributed by atoms with van der Waals surface area (Å²) >= 11 is -0.0139. The number of hydrogen-bond acceptors (Lipinski definition) is 7. The fraction of sp³-hybridized carbons (Fsp3) is 0.522. The number of hydrogen-bond donors (Lipinski definition) is 0. The number of rotatable bonds is 6. The van der Waals surface area contributed by atoms with Gasteiger partial charge < -0.3 is 14.4 Å². The molecule has 2 aliphatic rings. The second kappa shape index (κ2) is 10.8. The van der Waals surface area contributed by atoms with Crippen LogP contribution in [0.15, 0.2) is 29.3 Å². The average molecular weight is 476 g/mol. The highest BCUT2D eigenvalue weighted by Crippen LogP contribution is 2.25. The number of aryl methyl sites for hydroxylation is 2. The lowest BCUT2D eigenvalue weighted by molar-refractivity contribution is 0.0213. The van der Waals surface area contributed by atoms with E-state index in [9.17, 15) is 8.68 Å². The van der Waals surface area contributed by atoms with Crippen LogP contribution in [0.4, 0.5) is 3.89 Å². The lowest BCUT2D eigenvalue weighted by Crippen LogP contribution is -2.45. The van der Waals surface area contributed by atoms with E-state index in [2.05, 4.69) is 14.8 Å². The summed E-state index contributed by atoms with van der Waals surface area (Å²) in [4.78, 5) is 27.1. The number of ketones is 1. The molecular weight excluding hydrogens is 445 g/mol. The van der Waals surface area contributed by atoms with Gasteiger partial charge in [0.15, 0.2) is 24.0 Å². The van der Waals surface area contributed by atoms with Crippen LogP contribution in [0.3, 0.4) is 0 Å². The Labute approximate surface area is 198 Å². The first kappa shape index (κ1) is 23.9. The summed E-state index contributed by atoms with van der Waals surface area (Å²) in [6.07, 6.45) is -0.130. The third-order valence-corrected chi connectivity index (χ3v) is 6.46. The molecule has 1 atom stereocenters. The SMILES string of the molecule is Cc1cccc(C(=O)c2nc(C)c(/C(=N\C(C)N3CCOCC3)N3CCOCC3)n2SF)c1. The molecule has 2 aromatic rings. The Hall–Kier alpha value is -2.27. The van der Waals surface area contributed by atoms with Crippen LogP contribution < -0.4 is 0 Å². The van der Waals surface area contributed by atoms with Gasteiger partial charge in [0.2, 0.25) is 5.78 Å². The Bertz CT molecular complexity index is 1020. The Morgan fingerprint density at radius 1 is 1.12 bits per heavy atom. The van der Waals surface area contributed by atoms with E-state index >= 15 is 0 Å². The highest BCUT2D eigenvalue weighted by atomic mass is 32.2. The van der Waals surface area contributed by atoms with E-state index in [0.29, 0.717) is 62.3 Å². The summed E-state index contributed by atoms with van der Waals surface area (Å²) in [6.45, 7) is 11.1. The molecule has 1 aromatic carbocycles.